The van der Waals surface area contributed by atoms with E-state index in [1.54, 1.807) is 7.11 Å². The Morgan fingerprint density at radius 3 is 2.83 bits per heavy atom. The molecule has 0 fully saturated rings. The van der Waals surface area contributed by atoms with Gasteiger partial charge >= 0.3 is 0 Å². The van der Waals surface area contributed by atoms with Crippen LogP contribution >= 0.6 is 12.2 Å². The monoisotopic (exact) mass is 408 g/mol. The van der Waals surface area contributed by atoms with Crippen molar-refractivity contribution in [3.8, 4) is 5.75 Å². The average Bonchev–Trinajstić information content (AvgIpc) is 3.08. The molecule has 1 aliphatic rings. The van der Waals surface area contributed by atoms with E-state index < -0.39 is 6.04 Å². The number of anilines is 1. The average molecular weight is 408 g/mol. The fourth-order valence-electron chi connectivity index (χ4n) is 3.47. The molecule has 1 unspecified atom stereocenters. The minimum absolute atomic E-state index is 0.131. The molecule has 2 aromatic carbocycles. The van der Waals surface area contributed by atoms with E-state index in [1.807, 2.05) is 48.5 Å². The van der Waals surface area contributed by atoms with Gasteiger partial charge in [0, 0.05) is 23.9 Å². The highest BCUT2D eigenvalue weighted by atomic mass is 32.1. The fourth-order valence-corrected chi connectivity index (χ4v) is 3.75. The molecular weight excluding hydrogens is 388 g/mol. The van der Waals surface area contributed by atoms with Crippen LogP contribution in [0.4, 0.5) is 5.82 Å². The Morgan fingerprint density at radius 1 is 1.24 bits per heavy atom. The van der Waals surface area contributed by atoms with Crippen molar-refractivity contribution >= 4 is 40.8 Å². The molecule has 4 rings (SSSR count). The van der Waals surface area contributed by atoms with E-state index in [0.717, 1.165) is 22.2 Å². The van der Waals surface area contributed by atoms with Crippen molar-refractivity contribution in [2.24, 2.45) is 0 Å². The molecular formula is C21H20N4O3S. The molecule has 2 N–H and O–H groups in total. The van der Waals surface area contributed by atoms with E-state index in [4.69, 9.17) is 17.0 Å². The number of nitrogens with one attached hydrogen (secondary N) is 2. The van der Waals surface area contributed by atoms with Crippen LogP contribution in [0.15, 0.2) is 48.5 Å². The van der Waals surface area contributed by atoms with E-state index in [-0.39, 0.29) is 23.0 Å². The summed E-state index contributed by atoms with van der Waals surface area (Å²) in [6.45, 7) is 0.370. The van der Waals surface area contributed by atoms with Crippen molar-refractivity contribution in [2.75, 3.05) is 12.4 Å². The second-order valence-electron chi connectivity index (χ2n) is 6.76. The van der Waals surface area contributed by atoms with Gasteiger partial charge in [-0.2, -0.15) is 0 Å². The van der Waals surface area contributed by atoms with Gasteiger partial charge < -0.3 is 15.4 Å². The van der Waals surface area contributed by atoms with Crippen LogP contribution in [0.5, 0.6) is 5.75 Å². The molecule has 0 saturated heterocycles. The molecule has 0 aliphatic carbocycles. The number of aromatic nitrogens is 2. The van der Waals surface area contributed by atoms with Gasteiger partial charge in [0.2, 0.25) is 10.7 Å². The van der Waals surface area contributed by atoms with Crippen molar-refractivity contribution in [3.05, 3.63) is 58.9 Å². The van der Waals surface area contributed by atoms with Crippen LogP contribution in [0, 0.1) is 4.77 Å². The summed E-state index contributed by atoms with van der Waals surface area (Å²) in [7, 11) is 1.60. The van der Waals surface area contributed by atoms with Gasteiger partial charge in [0.15, 0.2) is 0 Å². The number of carbonyl (C=O) groups excluding carboxylic acids is 2. The molecule has 7 nitrogen and oxygen atoms in total. The number of hydrogen-bond donors (Lipinski definition) is 2. The third-order valence-corrected chi connectivity index (χ3v) is 5.22. The zero-order valence-corrected chi connectivity index (χ0v) is 16.7. The Hall–Kier alpha value is -3.26. The summed E-state index contributed by atoms with van der Waals surface area (Å²) in [4.78, 5) is 29.4. The SMILES string of the molecule is COc1ccccc1CNC(=O)CCC1Nc2c3ccccc3nc(=S)n2C1=O. The van der Waals surface area contributed by atoms with Gasteiger partial charge in [0.25, 0.3) is 5.91 Å². The number of hydrogen-bond acceptors (Lipinski definition) is 6. The van der Waals surface area contributed by atoms with Gasteiger partial charge in [-0.25, -0.2) is 9.55 Å². The van der Waals surface area contributed by atoms with Crippen molar-refractivity contribution in [1.29, 1.82) is 0 Å². The van der Waals surface area contributed by atoms with E-state index in [2.05, 4.69) is 15.6 Å². The number of amides is 1. The first kappa shape index (κ1) is 19.1. The number of fused-ring (bicyclic) bond motifs is 3. The topological polar surface area (TPSA) is 85.2 Å². The lowest BCUT2D eigenvalue weighted by atomic mass is 10.1. The first-order valence-electron chi connectivity index (χ1n) is 9.29. The summed E-state index contributed by atoms with van der Waals surface area (Å²) in [5.41, 5.74) is 1.63. The first-order chi connectivity index (χ1) is 14.1. The predicted molar refractivity (Wildman–Crippen MR) is 113 cm³/mol. The van der Waals surface area contributed by atoms with Crippen LogP contribution in [0.2, 0.25) is 0 Å². The summed E-state index contributed by atoms with van der Waals surface area (Å²) in [5.74, 6) is 1.06. The molecule has 8 heteroatoms. The summed E-state index contributed by atoms with van der Waals surface area (Å²) < 4.78 is 6.94. The Kier molecular flexibility index (Phi) is 5.26. The Bertz CT molecular complexity index is 1160. The predicted octanol–water partition coefficient (Wildman–Crippen LogP) is 3.31. The first-order valence-corrected chi connectivity index (χ1v) is 9.70. The normalized spacial score (nSPS) is 15.1. The van der Waals surface area contributed by atoms with E-state index in [9.17, 15) is 9.59 Å². The van der Waals surface area contributed by atoms with E-state index in [1.165, 1.54) is 4.57 Å². The fraction of sp³-hybridized carbons (Fsp3) is 0.238. The second-order valence-corrected chi connectivity index (χ2v) is 7.12. The molecule has 0 radical (unpaired) electrons. The molecule has 0 saturated carbocycles. The Balaban J connectivity index is 1.41. The number of carbonyl (C=O) groups is 2. The highest BCUT2D eigenvalue weighted by Gasteiger charge is 2.31. The lowest BCUT2D eigenvalue weighted by Gasteiger charge is -2.11. The number of para-hydroxylation sites is 2. The van der Waals surface area contributed by atoms with Gasteiger partial charge in [-0.3, -0.25) is 9.59 Å². The van der Waals surface area contributed by atoms with Crippen LogP contribution in [-0.4, -0.2) is 34.5 Å². The van der Waals surface area contributed by atoms with Crippen molar-refractivity contribution in [2.45, 2.75) is 25.4 Å². The maximum atomic E-state index is 12.8. The Morgan fingerprint density at radius 2 is 2.00 bits per heavy atom. The van der Waals surface area contributed by atoms with Gasteiger partial charge in [-0.05, 0) is 36.8 Å². The lowest BCUT2D eigenvalue weighted by Crippen LogP contribution is -2.29. The zero-order valence-electron chi connectivity index (χ0n) is 15.8. The molecule has 1 amide bonds. The third-order valence-electron chi connectivity index (χ3n) is 4.95. The maximum Gasteiger partial charge on any atom is 0.257 e. The highest BCUT2D eigenvalue weighted by molar-refractivity contribution is 7.71. The van der Waals surface area contributed by atoms with Gasteiger partial charge in [-0.1, -0.05) is 30.3 Å². The lowest BCUT2D eigenvalue weighted by molar-refractivity contribution is -0.121. The van der Waals surface area contributed by atoms with Crippen LogP contribution in [-0.2, 0) is 11.3 Å². The minimum atomic E-state index is -0.513. The molecule has 1 atom stereocenters. The van der Waals surface area contributed by atoms with Crippen molar-refractivity contribution < 1.29 is 14.3 Å². The highest BCUT2D eigenvalue weighted by Crippen LogP contribution is 2.29. The largest absolute Gasteiger partial charge is 0.496 e. The Labute approximate surface area is 172 Å². The number of nitrogens with zero attached hydrogens (tertiary/aromatic N) is 2. The number of benzene rings is 2. The zero-order chi connectivity index (χ0) is 20.4. The second kappa shape index (κ2) is 8.00. The molecule has 1 aromatic heterocycles. The number of ether oxygens (including phenoxy) is 1. The molecule has 148 valence electrons. The van der Waals surface area contributed by atoms with Crippen LogP contribution in [0.1, 0.15) is 23.2 Å². The molecule has 0 spiro atoms. The standard InChI is InChI=1S/C21H20N4O3S/c1-28-17-9-5-2-6-13(17)12-22-18(26)11-10-16-20(27)25-19(23-16)14-7-3-4-8-15(14)24-21(25)29/h2-9,16,23H,10-12H2,1H3,(H,22,26). The van der Waals surface area contributed by atoms with E-state index in [0.29, 0.717) is 18.8 Å². The van der Waals surface area contributed by atoms with Crippen LogP contribution in [0.3, 0.4) is 0 Å². The molecule has 29 heavy (non-hydrogen) atoms. The summed E-state index contributed by atoms with van der Waals surface area (Å²) in [6, 6.07) is 14.5. The van der Waals surface area contributed by atoms with Gasteiger partial charge in [-0.15, -0.1) is 0 Å². The van der Waals surface area contributed by atoms with Crippen molar-refractivity contribution in [3.63, 3.8) is 0 Å². The van der Waals surface area contributed by atoms with E-state index >= 15 is 0 Å². The maximum absolute atomic E-state index is 12.8. The third kappa shape index (κ3) is 3.71. The molecule has 2 heterocycles. The number of methoxy groups -OCH3 is 1. The molecule has 1 aliphatic heterocycles. The summed E-state index contributed by atoms with van der Waals surface area (Å²) in [6.07, 6.45) is 0.576. The number of rotatable bonds is 6. The summed E-state index contributed by atoms with van der Waals surface area (Å²) >= 11 is 5.29. The van der Waals surface area contributed by atoms with Crippen molar-refractivity contribution in [1.82, 2.24) is 14.9 Å². The molecule has 3 aromatic rings. The smallest absolute Gasteiger partial charge is 0.257 e. The summed E-state index contributed by atoms with van der Waals surface area (Å²) in [5, 5.41) is 6.93. The van der Waals surface area contributed by atoms with Gasteiger partial charge in [0.05, 0.1) is 12.6 Å². The molecule has 0 bridgehead atoms. The van der Waals surface area contributed by atoms with Crippen LogP contribution in [0.25, 0.3) is 10.9 Å². The van der Waals surface area contributed by atoms with Crippen LogP contribution < -0.4 is 15.4 Å². The minimum Gasteiger partial charge on any atom is -0.496 e. The quantitative estimate of drug-likeness (QED) is 0.609. The van der Waals surface area contributed by atoms with Gasteiger partial charge in [0.1, 0.15) is 17.6 Å².